The number of rotatable bonds is 6. The maximum Gasteiger partial charge on any atom is 0.269 e. The smallest absolute Gasteiger partial charge is 0.269 e. The van der Waals surface area contributed by atoms with Crippen LogP contribution < -0.4 is 5.32 Å². The predicted molar refractivity (Wildman–Crippen MR) is 129 cm³/mol. The van der Waals surface area contributed by atoms with E-state index >= 15 is 0 Å². The Balaban J connectivity index is 1.50. The molecule has 3 aromatic carbocycles. The maximum atomic E-state index is 12.9. The van der Waals surface area contributed by atoms with Crippen molar-refractivity contribution in [2.75, 3.05) is 0 Å². The van der Waals surface area contributed by atoms with E-state index < -0.39 is 4.92 Å². The van der Waals surface area contributed by atoms with Gasteiger partial charge < -0.3 is 14.7 Å². The van der Waals surface area contributed by atoms with E-state index in [0.717, 1.165) is 11.0 Å². The minimum absolute atomic E-state index is 0.00576. The summed E-state index contributed by atoms with van der Waals surface area (Å²) in [5, 5.41) is 13.8. The zero-order valence-corrected chi connectivity index (χ0v) is 17.8. The van der Waals surface area contributed by atoms with E-state index in [1.807, 2.05) is 30.3 Å². The minimum atomic E-state index is -0.449. The van der Waals surface area contributed by atoms with Gasteiger partial charge in [-0.25, -0.2) is 4.98 Å². The summed E-state index contributed by atoms with van der Waals surface area (Å²) < 4.78 is 5.94. The summed E-state index contributed by atoms with van der Waals surface area (Å²) >= 11 is 0. The summed E-state index contributed by atoms with van der Waals surface area (Å²) in [6.45, 7) is 0. The molecule has 5 rings (SSSR count). The molecule has 0 bridgehead atoms. The number of hydrogen-bond acceptors (Lipinski definition) is 5. The molecule has 0 radical (unpaired) electrons. The third-order valence-electron chi connectivity index (χ3n) is 5.20. The lowest BCUT2D eigenvalue weighted by atomic mass is 10.1. The van der Waals surface area contributed by atoms with Crippen LogP contribution in [0.2, 0.25) is 0 Å². The van der Waals surface area contributed by atoms with Crippen molar-refractivity contribution >= 4 is 34.4 Å². The highest BCUT2D eigenvalue weighted by molar-refractivity contribution is 6.01. The van der Waals surface area contributed by atoms with E-state index in [4.69, 9.17) is 4.42 Å². The topological polar surface area (TPSA) is 114 Å². The Morgan fingerprint density at radius 1 is 0.941 bits per heavy atom. The molecule has 2 aromatic heterocycles. The molecule has 0 saturated carbocycles. The Kier molecular flexibility index (Phi) is 5.45. The van der Waals surface area contributed by atoms with Crippen LogP contribution in [0.15, 0.2) is 95.4 Å². The number of aromatic amines is 1. The van der Waals surface area contributed by atoms with Crippen LogP contribution in [0.5, 0.6) is 0 Å². The molecule has 0 aliphatic rings. The lowest BCUT2D eigenvalue weighted by Crippen LogP contribution is -2.22. The molecule has 0 aliphatic carbocycles. The van der Waals surface area contributed by atoms with Crippen LogP contribution >= 0.6 is 0 Å². The molecule has 1 amide bonds. The van der Waals surface area contributed by atoms with Crippen LogP contribution in [-0.2, 0) is 0 Å². The van der Waals surface area contributed by atoms with Gasteiger partial charge in [-0.05, 0) is 48.5 Å². The van der Waals surface area contributed by atoms with Gasteiger partial charge in [-0.3, -0.25) is 14.9 Å². The molecule has 0 spiro atoms. The molecular formula is C26H18N4O4. The first kappa shape index (κ1) is 20.9. The molecular weight excluding hydrogens is 432 g/mol. The number of nitro groups is 1. The van der Waals surface area contributed by atoms with Crippen LogP contribution in [0, 0.1) is 10.1 Å². The standard InChI is InChI=1S/C26H18N4O4/c31-26(18-6-2-1-3-7-18)29-23(25-27-21-8-4-5-9-22(21)28-25)16-20-14-15-24(34-20)17-10-12-19(13-11-17)30(32)33/h1-16H,(H,27,28)(H,29,31). The fourth-order valence-electron chi connectivity index (χ4n) is 3.50. The molecule has 0 fully saturated rings. The van der Waals surface area contributed by atoms with E-state index in [2.05, 4.69) is 15.3 Å². The fraction of sp³-hybridized carbons (Fsp3) is 0. The highest BCUT2D eigenvalue weighted by Gasteiger charge is 2.15. The summed E-state index contributed by atoms with van der Waals surface area (Å²) in [4.78, 5) is 31.1. The number of furan rings is 1. The summed E-state index contributed by atoms with van der Waals surface area (Å²) in [6.07, 6.45) is 1.69. The number of carbonyl (C=O) groups is 1. The Labute approximate surface area is 193 Å². The van der Waals surface area contributed by atoms with Gasteiger partial charge in [0.15, 0.2) is 5.82 Å². The molecule has 166 valence electrons. The quantitative estimate of drug-likeness (QED) is 0.256. The average Bonchev–Trinajstić information content (AvgIpc) is 3.51. The lowest BCUT2D eigenvalue weighted by molar-refractivity contribution is -0.384. The highest BCUT2D eigenvalue weighted by atomic mass is 16.6. The number of nitro benzene ring substituents is 1. The SMILES string of the molecule is O=C(NC(=Cc1ccc(-c2ccc([N+](=O)[O-])cc2)o1)c1nc2ccccc2[nH]1)c1ccccc1. The summed E-state index contributed by atoms with van der Waals surface area (Å²) in [5.74, 6) is 1.23. The molecule has 2 heterocycles. The first-order chi connectivity index (χ1) is 16.6. The first-order valence-corrected chi connectivity index (χ1v) is 10.4. The van der Waals surface area contributed by atoms with Gasteiger partial charge in [-0.15, -0.1) is 0 Å². The zero-order valence-electron chi connectivity index (χ0n) is 17.8. The van der Waals surface area contributed by atoms with Crippen LogP contribution in [0.25, 0.3) is 34.1 Å². The van der Waals surface area contributed by atoms with Gasteiger partial charge in [0.1, 0.15) is 11.5 Å². The van der Waals surface area contributed by atoms with E-state index in [1.165, 1.54) is 12.1 Å². The largest absolute Gasteiger partial charge is 0.457 e. The number of fused-ring (bicyclic) bond motifs is 1. The van der Waals surface area contributed by atoms with Crippen molar-refractivity contribution in [3.63, 3.8) is 0 Å². The lowest BCUT2D eigenvalue weighted by Gasteiger charge is -2.07. The number of aromatic nitrogens is 2. The number of benzene rings is 3. The van der Waals surface area contributed by atoms with Gasteiger partial charge >= 0.3 is 0 Å². The molecule has 8 heteroatoms. The van der Waals surface area contributed by atoms with Gasteiger partial charge in [-0.1, -0.05) is 30.3 Å². The number of non-ortho nitro benzene ring substituents is 1. The number of imidazole rings is 1. The Bertz CT molecular complexity index is 1480. The monoisotopic (exact) mass is 450 g/mol. The fourth-order valence-corrected chi connectivity index (χ4v) is 3.50. The number of para-hydroxylation sites is 2. The number of carbonyl (C=O) groups excluding carboxylic acids is 1. The summed E-state index contributed by atoms with van der Waals surface area (Å²) in [7, 11) is 0. The second-order valence-electron chi connectivity index (χ2n) is 7.49. The Hall–Kier alpha value is -4.98. The van der Waals surface area contributed by atoms with Crippen molar-refractivity contribution < 1.29 is 14.1 Å². The van der Waals surface area contributed by atoms with E-state index in [0.29, 0.717) is 34.2 Å². The Morgan fingerprint density at radius 3 is 2.41 bits per heavy atom. The molecule has 0 atom stereocenters. The molecule has 34 heavy (non-hydrogen) atoms. The van der Waals surface area contributed by atoms with Crippen LogP contribution in [0.4, 0.5) is 5.69 Å². The number of hydrogen-bond donors (Lipinski definition) is 2. The van der Waals surface area contributed by atoms with Gasteiger partial charge in [0.25, 0.3) is 11.6 Å². The molecule has 0 unspecified atom stereocenters. The van der Waals surface area contributed by atoms with E-state index in [-0.39, 0.29) is 11.6 Å². The summed E-state index contributed by atoms with van der Waals surface area (Å²) in [5.41, 5.74) is 3.26. The van der Waals surface area contributed by atoms with Crippen molar-refractivity contribution in [1.29, 1.82) is 0 Å². The van der Waals surface area contributed by atoms with Crippen LogP contribution in [0.3, 0.4) is 0 Å². The number of nitrogens with zero attached hydrogens (tertiary/aromatic N) is 2. The Morgan fingerprint density at radius 2 is 1.68 bits per heavy atom. The van der Waals surface area contributed by atoms with Gasteiger partial charge in [0, 0.05) is 29.3 Å². The van der Waals surface area contributed by atoms with E-state index in [1.54, 1.807) is 54.6 Å². The van der Waals surface area contributed by atoms with Crippen molar-refractivity contribution in [3.05, 3.63) is 118 Å². The third kappa shape index (κ3) is 4.33. The van der Waals surface area contributed by atoms with Gasteiger partial charge in [0.05, 0.1) is 21.7 Å². The highest BCUT2D eigenvalue weighted by Crippen LogP contribution is 2.26. The van der Waals surface area contributed by atoms with Crippen molar-refractivity contribution in [3.8, 4) is 11.3 Å². The first-order valence-electron chi connectivity index (χ1n) is 10.4. The molecule has 8 nitrogen and oxygen atoms in total. The van der Waals surface area contributed by atoms with Crippen molar-refractivity contribution in [2.24, 2.45) is 0 Å². The molecule has 0 saturated heterocycles. The molecule has 2 N–H and O–H groups in total. The third-order valence-corrected chi connectivity index (χ3v) is 5.20. The number of H-pyrrole nitrogens is 1. The zero-order chi connectivity index (χ0) is 23.5. The van der Waals surface area contributed by atoms with Gasteiger partial charge in [0.2, 0.25) is 0 Å². The number of nitrogens with one attached hydrogen (secondary N) is 2. The second kappa shape index (κ2) is 8.87. The second-order valence-corrected chi connectivity index (χ2v) is 7.49. The summed E-state index contributed by atoms with van der Waals surface area (Å²) in [6, 6.07) is 26.1. The van der Waals surface area contributed by atoms with E-state index in [9.17, 15) is 14.9 Å². The predicted octanol–water partition coefficient (Wildman–Crippen LogP) is 5.66. The number of amides is 1. The maximum absolute atomic E-state index is 12.9. The molecule has 5 aromatic rings. The van der Waals surface area contributed by atoms with Crippen molar-refractivity contribution in [2.45, 2.75) is 0 Å². The minimum Gasteiger partial charge on any atom is -0.457 e. The van der Waals surface area contributed by atoms with Crippen LogP contribution in [0.1, 0.15) is 21.9 Å². The normalized spacial score (nSPS) is 11.5. The van der Waals surface area contributed by atoms with Gasteiger partial charge in [-0.2, -0.15) is 0 Å². The molecule has 0 aliphatic heterocycles. The van der Waals surface area contributed by atoms with Crippen molar-refractivity contribution in [1.82, 2.24) is 15.3 Å². The average molecular weight is 450 g/mol. The van der Waals surface area contributed by atoms with Crippen LogP contribution in [-0.4, -0.2) is 20.8 Å².